The lowest BCUT2D eigenvalue weighted by molar-refractivity contribution is -0.142. The van der Waals surface area contributed by atoms with Gasteiger partial charge in [-0.3, -0.25) is 9.59 Å². The van der Waals surface area contributed by atoms with Crippen molar-refractivity contribution in [3.63, 3.8) is 0 Å². The van der Waals surface area contributed by atoms with E-state index in [4.69, 9.17) is 14.2 Å². The highest BCUT2D eigenvalue weighted by atomic mass is 16.5. The van der Waals surface area contributed by atoms with Crippen LogP contribution in [0, 0.1) is 0 Å². The van der Waals surface area contributed by atoms with E-state index >= 15 is 0 Å². The molecule has 41 heavy (non-hydrogen) atoms. The van der Waals surface area contributed by atoms with E-state index in [0.29, 0.717) is 23.5 Å². The second-order valence-corrected chi connectivity index (χ2v) is 10.0. The third-order valence-corrected chi connectivity index (χ3v) is 6.94. The van der Waals surface area contributed by atoms with Crippen LogP contribution in [0.5, 0.6) is 5.75 Å². The summed E-state index contributed by atoms with van der Waals surface area (Å²) in [5.41, 5.74) is 3.82. The van der Waals surface area contributed by atoms with Crippen LogP contribution in [0.25, 0.3) is 0 Å². The Kier molecular flexibility index (Phi) is 10.8. The topological polar surface area (TPSA) is 94.2 Å². The maximum absolute atomic E-state index is 13.3. The van der Waals surface area contributed by atoms with Crippen LogP contribution in [0.4, 0.5) is 5.69 Å². The summed E-state index contributed by atoms with van der Waals surface area (Å²) in [7, 11) is 0. The molecule has 1 atom stereocenters. The molecule has 1 amide bonds. The highest BCUT2D eigenvalue weighted by Gasteiger charge is 2.23. The second kappa shape index (κ2) is 14.9. The van der Waals surface area contributed by atoms with Crippen molar-refractivity contribution < 1.29 is 28.6 Å². The first-order valence-corrected chi connectivity index (χ1v) is 14.2. The van der Waals surface area contributed by atoms with Crippen molar-refractivity contribution in [2.24, 2.45) is 0 Å². The number of anilines is 1. The van der Waals surface area contributed by atoms with Crippen LogP contribution in [0.15, 0.2) is 72.8 Å². The van der Waals surface area contributed by atoms with Crippen molar-refractivity contribution in [1.29, 1.82) is 0 Å². The van der Waals surface area contributed by atoms with Crippen molar-refractivity contribution >= 4 is 23.5 Å². The van der Waals surface area contributed by atoms with E-state index < -0.39 is 18.0 Å². The molecule has 1 aliphatic rings. The highest BCUT2D eigenvalue weighted by molar-refractivity contribution is 5.93. The largest absolute Gasteiger partial charge is 0.493 e. The standard InChI is InChI=1S/C33H38N2O6/c1-3-39-31-20-26(16-17-28(31)33(38)41-22-25-12-6-4-7-13-25)21-32(37)34-29(23-40-24(2)36)27-14-8-9-15-30(27)35-18-10-5-11-19-35/h4,6-9,12-17,20,29H,3,5,10-11,18-19,21-23H2,1-2H3,(H,34,37). The van der Waals surface area contributed by atoms with Crippen LogP contribution in [0.1, 0.15) is 66.2 Å². The molecule has 8 nitrogen and oxygen atoms in total. The van der Waals surface area contributed by atoms with Crippen LogP contribution in [0.3, 0.4) is 0 Å². The van der Waals surface area contributed by atoms with Crippen LogP contribution in [-0.2, 0) is 32.1 Å². The van der Waals surface area contributed by atoms with Crippen molar-refractivity contribution in [1.82, 2.24) is 5.32 Å². The van der Waals surface area contributed by atoms with Gasteiger partial charge in [-0.05, 0) is 55.5 Å². The molecule has 0 saturated carbocycles. The average molecular weight is 559 g/mol. The molecule has 1 N–H and O–H groups in total. The molecule has 4 rings (SSSR count). The third kappa shape index (κ3) is 8.58. The molecule has 1 heterocycles. The van der Waals surface area contributed by atoms with E-state index in [1.807, 2.05) is 55.5 Å². The zero-order valence-corrected chi connectivity index (χ0v) is 23.8. The molecule has 0 aliphatic carbocycles. The van der Waals surface area contributed by atoms with Gasteiger partial charge in [0, 0.05) is 31.3 Å². The summed E-state index contributed by atoms with van der Waals surface area (Å²) in [6.45, 7) is 5.62. The smallest absolute Gasteiger partial charge is 0.342 e. The Hall–Kier alpha value is -4.33. The molecular formula is C33H38N2O6. The molecule has 0 bridgehead atoms. The molecule has 1 fully saturated rings. The molecule has 1 saturated heterocycles. The molecule has 8 heteroatoms. The van der Waals surface area contributed by atoms with E-state index in [9.17, 15) is 14.4 Å². The zero-order chi connectivity index (χ0) is 29.0. The van der Waals surface area contributed by atoms with Gasteiger partial charge in [0.25, 0.3) is 0 Å². The van der Waals surface area contributed by atoms with E-state index in [2.05, 4.69) is 16.3 Å². The lowest BCUT2D eigenvalue weighted by Crippen LogP contribution is -2.36. The SMILES string of the molecule is CCOc1cc(CC(=O)NC(COC(C)=O)c2ccccc2N2CCCCC2)ccc1C(=O)OCc1ccccc1. The summed E-state index contributed by atoms with van der Waals surface area (Å²) in [5.74, 6) is -0.778. The van der Waals surface area contributed by atoms with Gasteiger partial charge in [0.1, 0.15) is 24.5 Å². The molecule has 3 aromatic carbocycles. The molecular weight excluding hydrogens is 520 g/mol. The maximum atomic E-state index is 13.3. The number of ether oxygens (including phenoxy) is 3. The number of amides is 1. The number of para-hydroxylation sites is 1. The summed E-state index contributed by atoms with van der Waals surface area (Å²) in [6.07, 6.45) is 3.50. The number of piperidine rings is 1. The van der Waals surface area contributed by atoms with Gasteiger partial charge < -0.3 is 24.4 Å². The first-order valence-electron chi connectivity index (χ1n) is 14.2. The Balaban J connectivity index is 1.48. The zero-order valence-electron chi connectivity index (χ0n) is 23.8. The fourth-order valence-corrected chi connectivity index (χ4v) is 4.97. The number of nitrogens with zero attached hydrogens (tertiary/aromatic N) is 1. The van der Waals surface area contributed by atoms with Crippen LogP contribution in [0.2, 0.25) is 0 Å². The van der Waals surface area contributed by atoms with Gasteiger partial charge in [0.15, 0.2) is 0 Å². The van der Waals surface area contributed by atoms with Crippen molar-refractivity contribution in [2.75, 3.05) is 31.2 Å². The minimum Gasteiger partial charge on any atom is -0.493 e. The van der Waals surface area contributed by atoms with Gasteiger partial charge in [-0.1, -0.05) is 54.6 Å². The second-order valence-electron chi connectivity index (χ2n) is 10.0. The molecule has 1 aliphatic heterocycles. The molecule has 3 aromatic rings. The van der Waals surface area contributed by atoms with Gasteiger partial charge >= 0.3 is 11.9 Å². The predicted octanol–water partition coefficient (Wildman–Crippen LogP) is 5.40. The average Bonchev–Trinajstić information content (AvgIpc) is 2.99. The minimum absolute atomic E-state index is 0.0301. The molecule has 0 aromatic heterocycles. The van der Waals surface area contributed by atoms with Gasteiger partial charge in [-0.2, -0.15) is 0 Å². The fraction of sp³-hybridized carbons (Fsp3) is 0.364. The van der Waals surface area contributed by atoms with Gasteiger partial charge in [-0.25, -0.2) is 4.79 Å². The van der Waals surface area contributed by atoms with Crippen LogP contribution >= 0.6 is 0 Å². The van der Waals surface area contributed by atoms with Crippen molar-refractivity contribution in [2.45, 2.75) is 52.2 Å². The summed E-state index contributed by atoms with van der Waals surface area (Å²) in [5, 5.41) is 3.07. The van der Waals surface area contributed by atoms with Crippen molar-refractivity contribution in [3.8, 4) is 5.75 Å². The number of carbonyl (C=O) groups is 3. The Morgan fingerprint density at radius 2 is 1.61 bits per heavy atom. The maximum Gasteiger partial charge on any atom is 0.342 e. The van der Waals surface area contributed by atoms with E-state index in [1.165, 1.54) is 13.3 Å². The van der Waals surface area contributed by atoms with Crippen LogP contribution < -0.4 is 15.0 Å². The normalized spacial score (nSPS) is 13.7. The van der Waals surface area contributed by atoms with E-state index in [-0.39, 0.29) is 25.5 Å². The first-order chi connectivity index (χ1) is 19.9. The first kappa shape index (κ1) is 29.6. The van der Waals surface area contributed by atoms with E-state index in [0.717, 1.165) is 42.7 Å². The Morgan fingerprint density at radius 3 is 2.34 bits per heavy atom. The third-order valence-electron chi connectivity index (χ3n) is 6.94. The summed E-state index contributed by atoms with van der Waals surface area (Å²) >= 11 is 0. The lowest BCUT2D eigenvalue weighted by atomic mass is 10.0. The molecule has 1 unspecified atom stereocenters. The molecule has 216 valence electrons. The molecule has 0 spiro atoms. The quantitative estimate of drug-likeness (QED) is 0.298. The summed E-state index contributed by atoms with van der Waals surface area (Å²) in [4.78, 5) is 40.1. The number of rotatable bonds is 12. The van der Waals surface area contributed by atoms with Gasteiger partial charge in [0.05, 0.1) is 19.1 Å². The number of hydrogen-bond acceptors (Lipinski definition) is 7. The van der Waals surface area contributed by atoms with Gasteiger partial charge in [-0.15, -0.1) is 0 Å². The number of nitrogens with one attached hydrogen (secondary N) is 1. The Labute approximate surface area is 241 Å². The number of benzene rings is 3. The number of carbonyl (C=O) groups excluding carboxylic acids is 3. The van der Waals surface area contributed by atoms with Crippen molar-refractivity contribution in [3.05, 3.63) is 95.1 Å². The Morgan fingerprint density at radius 1 is 0.878 bits per heavy atom. The van der Waals surface area contributed by atoms with Crippen LogP contribution in [-0.4, -0.2) is 44.1 Å². The molecule has 0 radical (unpaired) electrons. The van der Waals surface area contributed by atoms with E-state index in [1.54, 1.807) is 18.2 Å². The monoisotopic (exact) mass is 558 g/mol. The number of hydrogen-bond donors (Lipinski definition) is 1. The number of esters is 2. The highest BCUT2D eigenvalue weighted by Crippen LogP contribution is 2.29. The van der Waals surface area contributed by atoms with Gasteiger partial charge in [0.2, 0.25) is 5.91 Å². The summed E-state index contributed by atoms with van der Waals surface area (Å²) < 4.78 is 16.6. The summed E-state index contributed by atoms with van der Waals surface area (Å²) in [6, 6.07) is 21.9. The minimum atomic E-state index is -0.511. The fourth-order valence-electron chi connectivity index (χ4n) is 4.97. The Bertz CT molecular complexity index is 1320. The lowest BCUT2D eigenvalue weighted by Gasteiger charge is -2.32. The predicted molar refractivity (Wildman–Crippen MR) is 157 cm³/mol.